The number of aliphatic hydroxyl groups excluding tert-OH is 1. The molecule has 0 aliphatic rings. The zero-order chi connectivity index (χ0) is 15.5. The Morgan fingerprint density at radius 1 is 1.14 bits per heavy atom. The topological polar surface area (TPSA) is 58.0 Å². The number of anilines is 1. The van der Waals surface area contributed by atoms with Gasteiger partial charge >= 0.3 is 0 Å². The number of halogens is 2. The van der Waals surface area contributed by atoms with Gasteiger partial charge in [0.15, 0.2) is 0 Å². The molecule has 2 N–H and O–H groups in total. The van der Waals surface area contributed by atoms with Crippen LogP contribution in [-0.4, -0.2) is 21.6 Å². The van der Waals surface area contributed by atoms with E-state index < -0.39 is 6.10 Å². The van der Waals surface area contributed by atoms with E-state index in [1.54, 1.807) is 12.1 Å². The van der Waals surface area contributed by atoms with E-state index in [0.717, 1.165) is 20.9 Å². The molecule has 2 aromatic carbocycles. The van der Waals surface area contributed by atoms with E-state index in [0.29, 0.717) is 17.4 Å². The van der Waals surface area contributed by atoms with Gasteiger partial charge in [0.2, 0.25) is 0 Å². The third-order valence-electron chi connectivity index (χ3n) is 3.32. The second kappa shape index (κ2) is 6.60. The van der Waals surface area contributed by atoms with Crippen LogP contribution < -0.4 is 5.32 Å². The van der Waals surface area contributed by atoms with E-state index >= 15 is 0 Å². The number of benzene rings is 2. The number of hydrogen-bond acceptors (Lipinski definition) is 4. The monoisotopic (exact) mass is 377 g/mol. The molecule has 0 aliphatic carbocycles. The summed E-state index contributed by atoms with van der Waals surface area (Å²) in [5.74, 6) is 0.694. The minimum absolute atomic E-state index is 0.347. The number of hydrogen-bond donors (Lipinski definition) is 2. The molecule has 3 rings (SSSR count). The molecule has 1 atom stereocenters. The Morgan fingerprint density at radius 3 is 2.68 bits per heavy atom. The minimum atomic E-state index is -0.644. The maximum Gasteiger partial charge on any atom is 0.137 e. The Labute approximate surface area is 141 Å². The van der Waals surface area contributed by atoms with Crippen molar-refractivity contribution in [2.24, 2.45) is 0 Å². The van der Waals surface area contributed by atoms with Crippen molar-refractivity contribution in [3.63, 3.8) is 0 Å². The van der Waals surface area contributed by atoms with E-state index in [1.165, 1.54) is 6.33 Å². The number of nitrogens with one attached hydrogen (secondary N) is 1. The van der Waals surface area contributed by atoms with E-state index in [9.17, 15) is 5.11 Å². The van der Waals surface area contributed by atoms with Crippen molar-refractivity contribution in [3.8, 4) is 0 Å². The number of rotatable bonds is 4. The van der Waals surface area contributed by atoms with Crippen molar-refractivity contribution < 1.29 is 5.11 Å². The lowest BCUT2D eigenvalue weighted by molar-refractivity contribution is 0.191. The Kier molecular flexibility index (Phi) is 4.57. The fourth-order valence-corrected chi connectivity index (χ4v) is 2.65. The Bertz CT molecular complexity index is 795. The van der Waals surface area contributed by atoms with Crippen LogP contribution in [-0.2, 0) is 0 Å². The van der Waals surface area contributed by atoms with Gasteiger partial charge in [0.05, 0.1) is 11.6 Å². The van der Waals surface area contributed by atoms with Crippen molar-refractivity contribution >= 4 is 44.3 Å². The highest BCUT2D eigenvalue weighted by atomic mass is 79.9. The first-order valence-electron chi connectivity index (χ1n) is 6.71. The molecule has 1 heterocycles. The van der Waals surface area contributed by atoms with Crippen molar-refractivity contribution in [1.29, 1.82) is 0 Å². The summed E-state index contributed by atoms with van der Waals surface area (Å²) in [6, 6.07) is 12.9. The zero-order valence-electron chi connectivity index (χ0n) is 11.5. The first-order chi connectivity index (χ1) is 10.6. The molecule has 0 amide bonds. The average Bonchev–Trinajstić information content (AvgIpc) is 2.53. The zero-order valence-corrected chi connectivity index (χ0v) is 13.8. The molecule has 112 valence electrons. The average molecular weight is 379 g/mol. The number of aromatic nitrogens is 2. The molecule has 0 saturated heterocycles. The van der Waals surface area contributed by atoms with E-state index in [2.05, 4.69) is 31.2 Å². The van der Waals surface area contributed by atoms with Crippen LogP contribution in [0.4, 0.5) is 5.82 Å². The van der Waals surface area contributed by atoms with Gasteiger partial charge in [-0.1, -0.05) is 39.7 Å². The third-order valence-corrected chi connectivity index (χ3v) is 4.06. The highest BCUT2D eigenvalue weighted by molar-refractivity contribution is 9.10. The van der Waals surface area contributed by atoms with Crippen LogP contribution in [0, 0.1) is 0 Å². The molecule has 0 saturated carbocycles. The molecule has 0 aliphatic heterocycles. The summed E-state index contributed by atoms with van der Waals surface area (Å²) in [5.41, 5.74) is 1.65. The highest BCUT2D eigenvalue weighted by Crippen LogP contribution is 2.24. The van der Waals surface area contributed by atoms with E-state index in [1.807, 2.05) is 30.3 Å². The summed E-state index contributed by atoms with van der Waals surface area (Å²) in [6.45, 7) is 0.347. The van der Waals surface area contributed by atoms with Crippen molar-refractivity contribution in [2.75, 3.05) is 11.9 Å². The van der Waals surface area contributed by atoms with Gasteiger partial charge in [-0.05, 0) is 35.9 Å². The maximum absolute atomic E-state index is 10.2. The first kappa shape index (κ1) is 15.2. The molecule has 0 spiro atoms. The second-order valence-electron chi connectivity index (χ2n) is 4.83. The molecule has 4 nitrogen and oxygen atoms in total. The molecule has 0 fully saturated rings. The third kappa shape index (κ3) is 3.38. The summed E-state index contributed by atoms with van der Waals surface area (Å²) in [7, 11) is 0. The molecule has 6 heteroatoms. The summed E-state index contributed by atoms with van der Waals surface area (Å²) in [6.07, 6.45) is 0.863. The lowest BCUT2D eigenvalue weighted by Gasteiger charge is -2.14. The quantitative estimate of drug-likeness (QED) is 0.714. The van der Waals surface area contributed by atoms with E-state index in [4.69, 9.17) is 11.6 Å². The van der Waals surface area contributed by atoms with Crippen LogP contribution in [0.25, 0.3) is 10.9 Å². The number of nitrogens with zero attached hydrogens (tertiary/aromatic N) is 2. The van der Waals surface area contributed by atoms with Crippen LogP contribution in [0.1, 0.15) is 11.7 Å². The van der Waals surface area contributed by atoms with Gasteiger partial charge in [-0.3, -0.25) is 0 Å². The van der Waals surface area contributed by atoms with Crippen LogP contribution in [0.15, 0.2) is 53.3 Å². The smallest absolute Gasteiger partial charge is 0.137 e. The fraction of sp³-hybridized carbons (Fsp3) is 0.125. The van der Waals surface area contributed by atoms with Gasteiger partial charge in [0.1, 0.15) is 12.1 Å². The summed E-state index contributed by atoms with van der Waals surface area (Å²) in [4.78, 5) is 8.48. The van der Waals surface area contributed by atoms with Crippen molar-refractivity contribution in [2.45, 2.75) is 6.10 Å². The van der Waals surface area contributed by atoms with Gasteiger partial charge < -0.3 is 10.4 Å². The molecule has 1 aromatic heterocycles. The molecule has 22 heavy (non-hydrogen) atoms. The lowest BCUT2D eigenvalue weighted by Crippen LogP contribution is -2.13. The summed E-state index contributed by atoms with van der Waals surface area (Å²) < 4.78 is 0.955. The molecular formula is C16H13BrClN3O. The van der Waals surface area contributed by atoms with Crippen LogP contribution >= 0.6 is 27.5 Å². The molecule has 0 radical (unpaired) electrons. The minimum Gasteiger partial charge on any atom is -0.387 e. The maximum atomic E-state index is 10.2. The van der Waals surface area contributed by atoms with Crippen molar-refractivity contribution in [1.82, 2.24) is 9.97 Å². The van der Waals surface area contributed by atoms with E-state index in [-0.39, 0.29) is 0 Å². The van der Waals surface area contributed by atoms with Crippen molar-refractivity contribution in [3.05, 3.63) is 63.9 Å². The molecule has 0 bridgehead atoms. The lowest BCUT2D eigenvalue weighted by atomic mass is 10.1. The van der Waals surface area contributed by atoms with Crippen LogP contribution in [0.3, 0.4) is 0 Å². The first-order valence-corrected chi connectivity index (χ1v) is 7.88. The van der Waals surface area contributed by atoms with Gasteiger partial charge in [0.25, 0.3) is 0 Å². The summed E-state index contributed by atoms with van der Waals surface area (Å²) >= 11 is 9.30. The Balaban J connectivity index is 1.79. The number of fused-ring (bicyclic) bond motifs is 1. The largest absolute Gasteiger partial charge is 0.387 e. The van der Waals surface area contributed by atoms with Gasteiger partial charge in [-0.15, -0.1) is 0 Å². The second-order valence-corrected chi connectivity index (χ2v) is 6.18. The predicted octanol–water partition coefficient (Wildman–Crippen LogP) is 4.19. The van der Waals surface area contributed by atoms with Gasteiger partial charge in [0, 0.05) is 21.4 Å². The molecule has 1 unspecified atom stereocenters. The van der Waals surface area contributed by atoms with Gasteiger partial charge in [-0.2, -0.15) is 0 Å². The highest BCUT2D eigenvalue weighted by Gasteiger charge is 2.09. The van der Waals surface area contributed by atoms with Crippen LogP contribution in [0.5, 0.6) is 0 Å². The van der Waals surface area contributed by atoms with Crippen LogP contribution in [0.2, 0.25) is 5.02 Å². The fourth-order valence-electron chi connectivity index (χ4n) is 2.17. The SMILES string of the molecule is OC(CNc1ncnc2ccc(Br)cc12)c1ccc(Cl)cc1. The molecule has 3 aromatic rings. The predicted molar refractivity (Wildman–Crippen MR) is 92.1 cm³/mol. The number of aliphatic hydroxyl groups is 1. The Morgan fingerprint density at radius 2 is 1.91 bits per heavy atom. The molecular weight excluding hydrogens is 366 g/mol. The van der Waals surface area contributed by atoms with Gasteiger partial charge in [-0.25, -0.2) is 9.97 Å². The standard InChI is InChI=1S/C16H13BrClN3O/c17-11-3-6-14-13(7-11)16(21-9-20-14)19-8-15(22)10-1-4-12(18)5-2-10/h1-7,9,15,22H,8H2,(H,19,20,21). The summed E-state index contributed by atoms with van der Waals surface area (Å²) in [5, 5.41) is 15.0. The normalized spacial score (nSPS) is 12.3. The Hall–Kier alpha value is -1.69.